The first-order valence-electron chi connectivity index (χ1n) is 9.16. The lowest BCUT2D eigenvalue weighted by Crippen LogP contribution is -2.02. The first-order chi connectivity index (χ1) is 14.5. The lowest BCUT2D eigenvalue weighted by Gasteiger charge is -2.09. The zero-order valence-corrected chi connectivity index (χ0v) is 17.6. The van der Waals surface area contributed by atoms with Gasteiger partial charge < -0.3 is 19.9 Å². The molecule has 0 atom stereocenters. The Bertz CT molecular complexity index is 1250. The summed E-state index contributed by atoms with van der Waals surface area (Å²) < 4.78 is 15.9. The van der Waals surface area contributed by atoms with E-state index in [-0.39, 0.29) is 5.78 Å². The number of aromatic nitrogens is 1. The van der Waals surface area contributed by atoms with Crippen LogP contribution >= 0.6 is 11.3 Å². The van der Waals surface area contributed by atoms with Crippen molar-refractivity contribution in [1.82, 2.24) is 4.98 Å². The van der Waals surface area contributed by atoms with E-state index in [9.17, 15) is 4.79 Å². The van der Waals surface area contributed by atoms with Crippen molar-refractivity contribution in [2.75, 3.05) is 27.1 Å². The minimum absolute atomic E-state index is 0.151. The van der Waals surface area contributed by atoms with Crippen molar-refractivity contribution in [2.24, 2.45) is 0 Å². The molecule has 2 heterocycles. The summed E-state index contributed by atoms with van der Waals surface area (Å²) in [6.07, 6.45) is 0. The molecule has 2 N–H and O–H groups in total. The van der Waals surface area contributed by atoms with E-state index in [1.807, 2.05) is 30.3 Å². The van der Waals surface area contributed by atoms with E-state index < -0.39 is 0 Å². The summed E-state index contributed by atoms with van der Waals surface area (Å²) in [6.45, 7) is 0. The van der Waals surface area contributed by atoms with Gasteiger partial charge in [-0.3, -0.25) is 4.79 Å². The van der Waals surface area contributed by atoms with Gasteiger partial charge in [0.15, 0.2) is 11.5 Å². The van der Waals surface area contributed by atoms with E-state index in [1.54, 1.807) is 45.6 Å². The van der Waals surface area contributed by atoms with Gasteiger partial charge in [-0.2, -0.15) is 0 Å². The number of nitrogen functional groups attached to an aromatic ring is 1. The molecule has 0 radical (unpaired) electrons. The van der Waals surface area contributed by atoms with Crippen LogP contribution in [0.4, 0.5) is 5.69 Å². The quantitative estimate of drug-likeness (QED) is 0.451. The molecule has 0 spiro atoms. The van der Waals surface area contributed by atoms with Gasteiger partial charge in [0.25, 0.3) is 0 Å². The topological polar surface area (TPSA) is 83.7 Å². The highest BCUT2D eigenvalue weighted by Crippen LogP contribution is 2.37. The van der Waals surface area contributed by atoms with E-state index in [0.717, 1.165) is 16.6 Å². The molecule has 0 bridgehead atoms. The predicted molar refractivity (Wildman–Crippen MR) is 119 cm³/mol. The van der Waals surface area contributed by atoms with Crippen LogP contribution in [0.25, 0.3) is 21.5 Å². The lowest BCUT2D eigenvalue weighted by molar-refractivity contribution is 0.104. The largest absolute Gasteiger partial charge is 0.497 e. The Morgan fingerprint density at radius 1 is 0.933 bits per heavy atom. The molecule has 152 valence electrons. The Morgan fingerprint density at radius 2 is 1.73 bits per heavy atom. The van der Waals surface area contributed by atoms with Crippen molar-refractivity contribution in [3.05, 3.63) is 65.0 Å². The number of rotatable bonds is 6. The Hall–Kier alpha value is -3.58. The number of carbonyl (C=O) groups excluding carboxylic acids is 1. The monoisotopic (exact) mass is 420 g/mol. The maximum Gasteiger partial charge on any atom is 0.205 e. The summed E-state index contributed by atoms with van der Waals surface area (Å²) in [5.74, 6) is 1.74. The molecule has 0 aliphatic rings. The van der Waals surface area contributed by atoms with Crippen molar-refractivity contribution in [3.63, 3.8) is 0 Å². The second-order valence-corrected chi connectivity index (χ2v) is 7.52. The van der Waals surface area contributed by atoms with Gasteiger partial charge in [0.1, 0.15) is 15.5 Å². The molecule has 0 saturated carbocycles. The number of thiophene rings is 1. The van der Waals surface area contributed by atoms with Crippen molar-refractivity contribution in [2.45, 2.75) is 0 Å². The second kappa shape index (κ2) is 8.04. The van der Waals surface area contributed by atoms with Crippen molar-refractivity contribution < 1.29 is 19.0 Å². The molecule has 0 amide bonds. The summed E-state index contributed by atoms with van der Waals surface area (Å²) in [7, 11) is 4.75. The number of ketones is 1. The smallest absolute Gasteiger partial charge is 0.205 e. The summed E-state index contributed by atoms with van der Waals surface area (Å²) in [6, 6.07) is 16.4. The molecule has 0 aliphatic heterocycles. The van der Waals surface area contributed by atoms with Crippen LogP contribution < -0.4 is 19.9 Å². The van der Waals surface area contributed by atoms with Gasteiger partial charge >= 0.3 is 0 Å². The highest BCUT2D eigenvalue weighted by atomic mass is 32.1. The SMILES string of the molecule is COc1cccc(C(=O)c2sc3nc(-c4ccc(OC)c(OC)c4)ccc3c2N)c1. The maximum absolute atomic E-state index is 13.0. The van der Waals surface area contributed by atoms with Crippen LogP contribution in [0.5, 0.6) is 17.2 Å². The van der Waals surface area contributed by atoms with Crippen LogP contribution in [0, 0.1) is 0 Å². The number of methoxy groups -OCH3 is 3. The van der Waals surface area contributed by atoms with Crippen LogP contribution in [0.2, 0.25) is 0 Å². The van der Waals surface area contributed by atoms with E-state index in [1.165, 1.54) is 11.3 Å². The molecule has 4 rings (SSSR count). The number of nitrogens with zero attached hydrogens (tertiary/aromatic N) is 1. The third kappa shape index (κ3) is 3.44. The zero-order valence-electron chi connectivity index (χ0n) is 16.8. The van der Waals surface area contributed by atoms with Crippen molar-refractivity contribution >= 4 is 33.0 Å². The first-order valence-corrected chi connectivity index (χ1v) is 9.97. The number of fused-ring (bicyclic) bond motifs is 1. The third-order valence-corrected chi connectivity index (χ3v) is 5.93. The van der Waals surface area contributed by atoms with Crippen LogP contribution in [-0.2, 0) is 0 Å². The molecular weight excluding hydrogens is 400 g/mol. The predicted octanol–water partition coefficient (Wildman–Crippen LogP) is 4.80. The Balaban J connectivity index is 1.75. The summed E-state index contributed by atoms with van der Waals surface area (Å²) in [5.41, 5.74) is 8.89. The van der Waals surface area contributed by atoms with Gasteiger partial charge in [-0.05, 0) is 42.5 Å². The minimum atomic E-state index is -0.151. The van der Waals surface area contributed by atoms with E-state index in [4.69, 9.17) is 24.9 Å². The van der Waals surface area contributed by atoms with Gasteiger partial charge in [-0.1, -0.05) is 12.1 Å². The fourth-order valence-corrected chi connectivity index (χ4v) is 4.27. The van der Waals surface area contributed by atoms with Crippen LogP contribution in [0.3, 0.4) is 0 Å². The molecule has 30 heavy (non-hydrogen) atoms. The van der Waals surface area contributed by atoms with E-state index >= 15 is 0 Å². The molecule has 0 saturated heterocycles. The van der Waals surface area contributed by atoms with Crippen molar-refractivity contribution in [1.29, 1.82) is 0 Å². The van der Waals surface area contributed by atoms with Gasteiger partial charge in [-0.15, -0.1) is 11.3 Å². The fourth-order valence-electron chi connectivity index (χ4n) is 3.22. The Morgan fingerprint density at radius 3 is 2.47 bits per heavy atom. The molecule has 7 heteroatoms. The molecule has 2 aromatic heterocycles. The summed E-state index contributed by atoms with van der Waals surface area (Å²) in [5, 5.41) is 0.760. The number of carbonyl (C=O) groups is 1. The number of pyridine rings is 1. The average molecular weight is 420 g/mol. The molecule has 0 fully saturated rings. The lowest BCUT2D eigenvalue weighted by atomic mass is 10.1. The number of hydrogen-bond acceptors (Lipinski definition) is 7. The number of benzene rings is 2. The summed E-state index contributed by atoms with van der Waals surface area (Å²) >= 11 is 1.28. The standard InChI is InChI=1S/C23H20N2O4S/c1-27-15-6-4-5-14(11-15)21(26)22-20(24)16-8-9-17(25-23(16)30-22)13-7-10-18(28-2)19(12-13)29-3/h4-12H,24H2,1-3H3. The van der Waals surface area contributed by atoms with E-state index in [0.29, 0.717) is 38.2 Å². The number of ether oxygens (including phenoxy) is 3. The summed E-state index contributed by atoms with van der Waals surface area (Å²) in [4.78, 5) is 18.9. The van der Waals surface area contributed by atoms with Crippen LogP contribution in [-0.4, -0.2) is 32.1 Å². The van der Waals surface area contributed by atoms with E-state index in [2.05, 4.69) is 0 Å². The molecule has 4 aromatic rings. The fraction of sp³-hybridized carbons (Fsp3) is 0.130. The first kappa shape index (κ1) is 19.7. The van der Waals surface area contributed by atoms with Gasteiger partial charge in [-0.25, -0.2) is 4.98 Å². The van der Waals surface area contributed by atoms with Gasteiger partial charge in [0, 0.05) is 16.5 Å². The molecule has 0 aliphatic carbocycles. The van der Waals surface area contributed by atoms with Gasteiger partial charge in [0.2, 0.25) is 5.78 Å². The second-order valence-electron chi connectivity index (χ2n) is 6.52. The molecule has 2 aromatic carbocycles. The number of nitrogens with two attached hydrogens (primary N) is 1. The van der Waals surface area contributed by atoms with Crippen LogP contribution in [0.15, 0.2) is 54.6 Å². The normalized spacial score (nSPS) is 10.8. The minimum Gasteiger partial charge on any atom is -0.497 e. The molecule has 0 unspecified atom stereocenters. The molecule has 6 nitrogen and oxygen atoms in total. The Labute approximate surface area is 177 Å². The highest BCUT2D eigenvalue weighted by Gasteiger charge is 2.20. The van der Waals surface area contributed by atoms with Crippen molar-refractivity contribution in [3.8, 4) is 28.5 Å². The molecular formula is C23H20N2O4S. The Kier molecular flexibility index (Phi) is 5.29. The number of hydrogen-bond donors (Lipinski definition) is 1. The number of anilines is 1. The van der Waals surface area contributed by atoms with Gasteiger partial charge in [0.05, 0.1) is 32.7 Å². The third-order valence-electron chi connectivity index (χ3n) is 4.81. The maximum atomic E-state index is 13.0. The zero-order chi connectivity index (χ0) is 21.3. The van der Waals surface area contributed by atoms with Crippen LogP contribution in [0.1, 0.15) is 15.2 Å². The average Bonchev–Trinajstić information content (AvgIpc) is 3.13. The highest BCUT2D eigenvalue weighted by molar-refractivity contribution is 7.21.